The van der Waals surface area contributed by atoms with Crippen molar-refractivity contribution < 1.29 is 4.42 Å². The highest BCUT2D eigenvalue weighted by Crippen LogP contribution is 2.42. The maximum atomic E-state index is 6.43. The summed E-state index contributed by atoms with van der Waals surface area (Å²) in [6.45, 7) is 0. The molecule has 17 rings (SSSR count). The predicted octanol–water partition coefficient (Wildman–Crippen LogP) is 14.1. The van der Waals surface area contributed by atoms with Crippen LogP contribution in [0.4, 0.5) is 0 Å². The van der Waals surface area contributed by atoms with Crippen LogP contribution in [0, 0.1) is 0 Å². The topological polar surface area (TPSA) is 61.7 Å². The van der Waals surface area contributed by atoms with Crippen molar-refractivity contribution in [3.8, 4) is 34.4 Å². The third-order valence-electron chi connectivity index (χ3n) is 18.3. The molecule has 6 nitrogen and oxygen atoms in total. The van der Waals surface area contributed by atoms with Crippen LogP contribution in [0.3, 0.4) is 0 Å². The Morgan fingerprint density at radius 3 is 1.26 bits per heavy atom. The molecule has 0 saturated carbocycles. The minimum absolute atomic E-state index is 0.540. The Morgan fingerprint density at radius 1 is 0.258 bits per heavy atom. The predicted molar refractivity (Wildman–Crippen MR) is 374 cm³/mol. The number of furan rings is 1. The van der Waals surface area contributed by atoms with Gasteiger partial charge in [-0.15, -0.1) is 0 Å². The summed E-state index contributed by atoms with van der Waals surface area (Å²) in [5.41, 5.74) is 8.89. The van der Waals surface area contributed by atoms with E-state index in [1.807, 2.05) is 24.3 Å². The van der Waals surface area contributed by atoms with E-state index in [0.29, 0.717) is 17.6 Å². The average molecular weight is 1170 g/mol. The quantitative estimate of drug-likeness (QED) is 0.0903. The molecule has 0 aliphatic heterocycles. The Labute approximate surface area is 516 Å². The lowest BCUT2D eigenvalue weighted by atomic mass is 10.1. The van der Waals surface area contributed by atoms with Crippen molar-refractivity contribution in [2.75, 3.05) is 0 Å². The van der Waals surface area contributed by atoms with Gasteiger partial charge in [-0.3, -0.25) is 4.57 Å². The zero-order valence-electron chi connectivity index (χ0n) is 48.4. The summed E-state index contributed by atoms with van der Waals surface area (Å²) in [7, 11) is -5.89. The molecule has 0 atom stereocenters. The monoisotopic (exact) mass is 1170 g/mol. The van der Waals surface area contributed by atoms with Gasteiger partial charge in [-0.05, 0) is 84.0 Å². The van der Waals surface area contributed by atoms with E-state index in [1.54, 1.807) is 0 Å². The van der Waals surface area contributed by atoms with Gasteiger partial charge in [0.1, 0.15) is 11.2 Å². The molecule has 89 heavy (non-hydrogen) atoms. The number of hydrogen-bond donors (Lipinski definition) is 0. The van der Waals surface area contributed by atoms with Crippen LogP contribution in [0.2, 0.25) is 0 Å². The van der Waals surface area contributed by atoms with E-state index < -0.39 is 16.1 Å². The molecule has 0 unspecified atom stereocenters. The molecule has 0 spiro atoms. The van der Waals surface area contributed by atoms with E-state index in [1.165, 1.54) is 41.5 Å². The second-order valence-corrected chi connectivity index (χ2v) is 30.6. The van der Waals surface area contributed by atoms with Gasteiger partial charge in [0.15, 0.2) is 27.8 Å². The molecule has 0 fully saturated rings. The average Bonchev–Trinajstić information content (AvgIpc) is 1.64. The first-order valence-corrected chi connectivity index (χ1v) is 34.3. The van der Waals surface area contributed by atoms with Crippen LogP contribution in [-0.4, -0.2) is 40.2 Å². The summed E-state index contributed by atoms with van der Waals surface area (Å²) in [5, 5.41) is 17.1. The van der Waals surface area contributed by atoms with E-state index in [0.717, 1.165) is 82.4 Å². The largest absolute Gasteiger partial charge is 0.456 e. The van der Waals surface area contributed by atoms with Crippen LogP contribution in [0.1, 0.15) is 0 Å². The molecule has 0 radical (unpaired) electrons. The molecule has 17 aromatic rings. The Balaban J connectivity index is 0.880. The summed E-state index contributed by atoms with van der Waals surface area (Å²) < 4.78 is 11.2. The second-order valence-electron chi connectivity index (χ2n) is 23.0. The molecule has 13 aromatic carbocycles. The van der Waals surface area contributed by atoms with Crippen LogP contribution in [0.15, 0.2) is 338 Å². The summed E-state index contributed by atoms with van der Waals surface area (Å²) in [6.07, 6.45) is 0. The fourth-order valence-electron chi connectivity index (χ4n) is 14.5. The summed E-state index contributed by atoms with van der Waals surface area (Å²) in [6, 6.07) is 122. The first-order chi connectivity index (χ1) is 44.1. The molecule has 0 amide bonds. The molecule has 0 aliphatic carbocycles. The Bertz CT molecular complexity index is 5340. The van der Waals surface area contributed by atoms with Gasteiger partial charge in [0.25, 0.3) is 0 Å². The van der Waals surface area contributed by atoms with Crippen LogP contribution >= 0.6 is 0 Å². The van der Waals surface area contributed by atoms with Gasteiger partial charge in [0, 0.05) is 49.1 Å². The van der Waals surface area contributed by atoms with Gasteiger partial charge in [-0.1, -0.05) is 291 Å². The number of para-hydroxylation sites is 3. The van der Waals surface area contributed by atoms with E-state index in [9.17, 15) is 0 Å². The molecule has 0 bridgehead atoms. The highest BCUT2D eigenvalue weighted by atomic mass is 28.3. The molecule has 0 N–H and O–H groups in total. The lowest BCUT2D eigenvalue weighted by Gasteiger charge is -2.34. The van der Waals surface area contributed by atoms with Gasteiger partial charge in [-0.2, -0.15) is 9.97 Å². The van der Waals surface area contributed by atoms with Crippen LogP contribution in [0.5, 0.6) is 0 Å². The SMILES string of the molecule is c1ccc(-c2nc(-c3ccc([Si](c4ccccc4)(c4ccccc4)c4ccc5oc6ccccc6c5c4)cc3)nc(-n3c4ccccc4c4ccc5c(c6ccccc6n5-c5cccc([Si](c6ccccc6)(c6ccccc6)c6ccccc6)c5)c43)n2)cc1. The number of rotatable bonds is 12. The van der Waals surface area contributed by atoms with Gasteiger partial charge in [0.2, 0.25) is 5.95 Å². The third kappa shape index (κ3) is 8.26. The van der Waals surface area contributed by atoms with Crippen LogP contribution in [-0.2, 0) is 0 Å². The van der Waals surface area contributed by atoms with Crippen molar-refractivity contribution in [1.82, 2.24) is 24.1 Å². The van der Waals surface area contributed by atoms with Gasteiger partial charge < -0.3 is 8.98 Å². The fraction of sp³-hybridized carbons (Fsp3) is 0. The van der Waals surface area contributed by atoms with Crippen molar-refractivity contribution in [1.29, 1.82) is 0 Å². The van der Waals surface area contributed by atoms with Crippen molar-refractivity contribution >= 4 is 123 Å². The van der Waals surface area contributed by atoms with Crippen molar-refractivity contribution in [3.63, 3.8) is 0 Å². The molecule has 4 aromatic heterocycles. The molecule has 4 heterocycles. The first kappa shape index (κ1) is 52.1. The van der Waals surface area contributed by atoms with E-state index in [2.05, 4.69) is 319 Å². The summed E-state index contributed by atoms with van der Waals surface area (Å²) >= 11 is 0. The van der Waals surface area contributed by atoms with Crippen molar-refractivity contribution in [2.45, 2.75) is 0 Å². The number of aromatic nitrogens is 5. The first-order valence-electron chi connectivity index (χ1n) is 30.3. The van der Waals surface area contributed by atoms with Crippen LogP contribution < -0.4 is 41.5 Å². The number of benzene rings is 13. The zero-order chi connectivity index (χ0) is 58.9. The zero-order valence-corrected chi connectivity index (χ0v) is 50.4. The highest BCUT2D eigenvalue weighted by Gasteiger charge is 2.43. The van der Waals surface area contributed by atoms with E-state index in [4.69, 9.17) is 19.4 Å². The Hall–Kier alpha value is -11.3. The molecule has 0 aliphatic rings. The fourth-order valence-corrected chi connectivity index (χ4v) is 24.0. The number of hydrogen-bond acceptors (Lipinski definition) is 4. The Kier molecular flexibility index (Phi) is 12.5. The lowest BCUT2D eigenvalue weighted by molar-refractivity contribution is 0.669. The second kappa shape index (κ2) is 21.3. The van der Waals surface area contributed by atoms with Crippen molar-refractivity contribution in [3.05, 3.63) is 334 Å². The third-order valence-corrected chi connectivity index (χ3v) is 27.8. The molecule has 0 saturated heterocycles. The maximum Gasteiger partial charge on any atom is 0.238 e. The standard InChI is InChI=1S/C81H55N5OSi2/c1-7-26-56(27-8-1)79-82-80(57-46-48-64(49-47-57)89(62-35-15-5-16-36-62,63-37-17-6-18-38-63)66-50-53-76-71(55-66)68-41-21-24-45-75(68)87-76)84-81(83-79)86-72-43-22-19-40-67(72)69-51-52-74-77(78(69)86)70-42-20-23-44-73(70)85(74)58-28-25-39-65(54-58)88(59-29-9-2-10-30-59,60-31-11-3-12-32-60)61-33-13-4-14-34-61/h1-55H. The maximum absolute atomic E-state index is 6.43. The van der Waals surface area contributed by atoms with Gasteiger partial charge >= 0.3 is 0 Å². The van der Waals surface area contributed by atoms with Crippen LogP contribution in [0.25, 0.3) is 100.0 Å². The highest BCUT2D eigenvalue weighted by molar-refractivity contribution is 7.20. The van der Waals surface area contributed by atoms with Gasteiger partial charge in [0.05, 0.1) is 22.1 Å². The smallest absolute Gasteiger partial charge is 0.238 e. The van der Waals surface area contributed by atoms with Gasteiger partial charge in [-0.25, -0.2) is 4.98 Å². The molecular formula is C81H55N5OSi2. The molecule has 8 heteroatoms. The molecule has 418 valence electrons. The van der Waals surface area contributed by atoms with Crippen molar-refractivity contribution in [2.24, 2.45) is 0 Å². The number of fused-ring (bicyclic) bond motifs is 10. The minimum Gasteiger partial charge on any atom is -0.456 e. The minimum atomic E-state index is -3.01. The normalized spacial score (nSPS) is 12.0. The number of nitrogens with zero attached hydrogens (tertiary/aromatic N) is 5. The summed E-state index contributed by atoms with van der Waals surface area (Å²) in [4.78, 5) is 16.5. The van der Waals surface area contributed by atoms with E-state index in [-0.39, 0.29) is 0 Å². The van der Waals surface area contributed by atoms with E-state index >= 15 is 0 Å². The lowest BCUT2D eigenvalue weighted by Crippen LogP contribution is -2.74. The molecular weight excluding hydrogens is 1120 g/mol. The summed E-state index contributed by atoms with van der Waals surface area (Å²) in [5.74, 6) is 1.71. The Morgan fingerprint density at radius 2 is 0.685 bits per heavy atom.